The molecule has 4 heteroatoms. The van der Waals surface area contributed by atoms with Gasteiger partial charge in [-0.15, -0.1) is 0 Å². The first-order valence-corrected chi connectivity index (χ1v) is 6.56. The maximum Gasteiger partial charge on any atom is 0.133 e. The molecular weight excluding hydrogens is 226 g/mol. The van der Waals surface area contributed by atoms with E-state index in [0.717, 1.165) is 30.1 Å². The molecular formula is C14H23N3O. The fourth-order valence-electron chi connectivity index (χ4n) is 2.77. The molecule has 2 unspecified atom stereocenters. The Bertz CT molecular complexity index is 433. The summed E-state index contributed by atoms with van der Waals surface area (Å²) < 4.78 is 5.64. The Labute approximate surface area is 109 Å². The normalized spacial score (nSPS) is 23.4. The highest BCUT2D eigenvalue weighted by atomic mass is 16.5. The number of likely N-dealkylation sites (N-methyl/N-ethyl adjacent to an activating group) is 1. The van der Waals surface area contributed by atoms with Crippen LogP contribution < -0.4 is 10.6 Å². The lowest BCUT2D eigenvalue weighted by molar-refractivity contribution is 0.118. The van der Waals surface area contributed by atoms with Crippen molar-refractivity contribution >= 4 is 5.82 Å². The molecule has 100 valence electrons. The number of nitrogens with two attached hydrogens (primary N) is 1. The van der Waals surface area contributed by atoms with Crippen LogP contribution in [0.1, 0.15) is 30.2 Å². The fourth-order valence-corrected chi connectivity index (χ4v) is 2.77. The van der Waals surface area contributed by atoms with E-state index in [0.29, 0.717) is 12.6 Å². The second-order valence-electron chi connectivity index (χ2n) is 5.13. The molecule has 0 spiro atoms. The summed E-state index contributed by atoms with van der Waals surface area (Å²) in [5.74, 6) is 1.01. The number of anilines is 1. The van der Waals surface area contributed by atoms with Crippen LogP contribution in [0.5, 0.6) is 0 Å². The average molecular weight is 249 g/mol. The van der Waals surface area contributed by atoms with E-state index < -0.39 is 0 Å². The number of aryl methyl sites for hydroxylation is 2. The van der Waals surface area contributed by atoms with E-state index in [1.165, 1.54) is 5.56 Å². The SMILES string of the molecule is Cc1cc(C)c(CN)c(N(C)C2CCOC2C)n1. The second kappa shape index (κ2) is 5.24. The fraction of sp³-hybridized carbons (Fsp3) is 0.643. The molecule has 4 nitrogen and oxygen atoms in total. The van der Waals surface area contributed by atoms with Gasteiger partial charge in [-0.3, -0.25) is 0 Å². The van der Waals surface area contributed by atoms with E-state index in [4.69, 9.17) is 10.5 Å². The highest BCUT2D eigenvalue weighted by Crippen LogP contribution is 2.27. The lowest BCUT2D eigenvalue weighted by atomic mass is 10.1. The average Bonchev–Trinajstić information content (AvgIpc) is 2.73. The zero-order chi connectivity index (χ0) is 13.3. The van der Waals surface area contributed by atoms with Gasteiger partial charge in [0.05, 0.1) is 12.1 Å². The largest absolute Gasteiger partial charge is 0.376 e. The predicted molar refractivity (Wildman–Crippen MR) is 73.8 cm³/mol. The molecule has 1 aromatic rings. The van der Waals surface area contributed by atoms with Crippen molar-refractivity contribution in [1.29, 1.82) is 0 Å². The third kappa shape index (κ3) is 2.35. The molecule has 0 bridgehead atoms. The van der Waals surface area contributed by atoms with Gasteiger partial charge in [-0.05, 0) is 38.8 Å². The van der Waals surface area contributed by atoms with Crippen LogP contribution in [-0.2, 0) is 11.3 Å². The first-order valence-electron chi connectivity index (χ1n) is 6.56. The number of hydrogen-bond donors (Lipinski definition) is 1. The molecule has 2 N–H and O–H groups in total. The molecule has 0 saturated carbocycles. The Morgan fingerprint density at radius 3 is 2.78 bits per heavy atom. The van der Waals surface area contributed by atoms with E-state index in [2.05, 4.69) is 36.8 Å². The van der Waals surface area contributed by atoms with Gasteiger partial charge >= 0.3 is 0 Å². The zero-order valence-electron chi connectivity index (χ0n) is 11.7. The minimum absolute atomic E-state index is 0.253. The van der Waals surface area contributed by atoms with Crippen molar-refractivity contribution in [2.45, 2.75) is 45.9 Å². The van der Waals surface area contributed by atoms with E-state index >= 15 is 0 Å². The van der Waals surface area contributed by atoms with Crippen LogP contribution in [0.3, 0.4) is 0 Å². The molecule has 1 aromatic heterocycles. The van der Waals surface area contributed by atoms with Crippen molar-refractivity contribution < 1.29 is 4.74 Å². The summed E-state index contributed by atoms with van der Waals surface area (Å²) in [6.45, 7) is 7.61. The van der Waals surface area contributed by atoms with E-state index in [1.54, 1.807) is 0 Å². The van der Waals surface area contributed by atoms with Crippen molar-refractivity contribution in [2.24, 2.45) is 5.73 Å². The second-order valence-corrected chi connectivity index (χ2v) is 5.13. The minimum Gasteiger partial charge on any atom is -0.376 e. The number of nitrogens with zero attached hydrogens (tertiary/aromatic N) is 2. The first kappa shape index (κ1) is 13.3. The molecule has 1 fully saturated rings. The summed E-state index contributed by atoms with van der Waals surface area (Å²) in [5, 5.41) is 0. The van der Waals surface area contributed by atoms with E-state index in [-0.39, 0.29) is 6.10 Å². The Hall–Kier alpha value is -1.13. The van der Waals surface area contributed by atoms with Crippen molar-refractivity contribution in [3.8, 4) is 0 Å². The highest BCUT2D eigenvalue weighted by molar-refractivity contribution is 5.52. The summed E-state index contributed by atoms with van der Waals surface area (Å²) >= 11 is 0. The van der Waals surface area contributed by atoms with Crippen LogP contribution in [0.15, 0.2) is 6.07 Å². The smallest absolute Gasteiger partial charge is 0.133 e. The Kier molecular flexibility index (Phi) is 3.88. The Morgan fingerprint density at radius 2 is 2.22 bits per heavy atom. The van der Waals surface area contributed by atoms with Crippen LogP contribution in [0.25, 0.3) is 0 Å². The standard InChI is InChI=1S/C14H23N3O/c1-9-7-10(2)16-14(12(9)8-15)17(4)13-5-6-18-11(13)3/h7,11,13H,5-6,8,15H2,1-4H3. The van der Waals surface area contributed by atoms with Gasteiger partial charge in [0.15, 0.2) is 0 Å². The molecule has 0 amide bonds. The van der Waals surface area contributed by atoms with Gasteiger partial charge in [0.25, 0.3) is 0 Å². The van der Waals surface area contributed by atoms with Gasteiger partial charge in [0.1, 0.15) is 5.82 Å². The number of aromatic nitrogens is 1. The van der Waals surface area contributed by atoms with Gasteiger partial charge in [-0.25, -0.2) is 4.98 Å². The molecule has 0 aromatic carbocycles. The van der Waals surface area contributed by atoms with Gasteiger partial charge in [0.2, 0.25) is 0 Å². The summed E-state index contributed by atoms with van der Waals surface area (Å²) in [4.78, 5) is 6.91. The summed E-state index contributed by atoms with van der Waals surface area (Å²) in [5.41, 5.74) is 9.28. The third-order valence-corrected chi connectivity index (χ3v) is 3.83. The molecule has 2 heterocycles. The lowest BCUT2D eigenvalue weighted by Crippen LogP contribution is -2.38. The molecule has 18 heavy (non-hydrogen) atoms. The van der Waals surface area contributed by atoms with Crippen molar-refractivity contribution in [3.63, 3.8) is 0 Å². The lowest BCUT2D eigenvalue weighted by Gasteiger charge is -2.30. The van der Waals surface area contributed by atoms with Crippen molar-refractivity contribution in [3.05, 3.63) is 22.9 Å². The number of rotatable bonds is 3. The summed E-state index contributed by atoms with van der Waals surface area (Å²) in [6.07, 6.45) is 1.30. The van der Waals surface area contributed by atoms with Gasteiger partial charge in [0, 0.05) is 31.5 Å². The molecule has 0 radical (unpaired) electrons. The van der Waals surface area contributed by atoms with E-state index in [1.807, 2.05) is 6.92 Å². The van der Waals surface area contributed by atoms with Gasteiger partial charge in [-0.1, -0.05) is 0 Å². The molecule has 0 aliphatic carbocycles. The molecule has 1 aliphatic heterocycles. The Balaban J connectivity index is 2.37. The number of pyridine rings is 1. The molecule has 2 atom stereocenters. The van der Waals surface area contributed by atoms with Crippen LogP contribution in [-0.4, -0.2) is 30.8 Å². The zero-order valence-corrected chi connectivity index (χ0v) is 11.7. The maximum absolute atomic E-state index is 5.87. The quantitative estimate of drug-likeness (QED) is 0.887. The number of ether oxygens (including phenoxy) is 1. The highest BCUT2D eigenvalue weighted by Gasteiger charge is 2.29. The van der Waals surface area contributed by atoms with E-state index in [9.17, 15) is 0 Å². The van der Waals surface area contributed by atoms with Crippen molar-refractivity contribution in [1.82, 2.24) is 4.98 Å². The predicted octanol–water partition coefficient (Wildman–Crippen LogP) is 1.77. The van der Waals surface area contributed by atoms with Gasteiger partial charge in [-0.2, -0.15) is 0 Å². The van der Waals surface area contributed by atoms with Gasteiger partial charge < -0.3 is 15.4 Å². The van der Waals surface area contributed by atoms with Crippen LogP contribution in [0.4, 0.5) is 5.82 Å². The summed E-state index contributed by atoms with van der Waals surface area (Å²) in [7, 11) is 2.09. The van der Waals surface area contributed by atoms with Crippen molar-refractivity contribution in [2.75, 3.05) is 18.6 Å². The van der Waals surface area contributed by atoms with Crippen LogP contribution in [0, 0.1) is 13.8 Å². The summed E-state index contributed by atoms with van der Waals surface area (Å²) in [6, 6.07) is 2.48. The van der Waals surface area contributed by atoms with Crippen LogP contribution >= 0.6 is 0 Å². The Morgan fingerprint density at radius 1 is 1.50 bits per heavy atom. The maximum atomic E-state index is 5.87. The topological polar surface area (TPSA) is 51.4 Å². The minimum atomic E-state index is 0.253. The monoisotopic (exact) mass is 249 g/mol. The molecule has 2 rings (SSSR count). The molecule has 1 aliphatic rings. The van der Waals surface area contributed by atoms with Crippen LogP contribution in [0.2, 0.25) is 0 Å². The molecule has 1 saturated heterocycles. The first-order chi connectivity index (χ1) is 8.54. The number of hydrogen-bond acceptors (Lipinski definition) is 4. The third-order valence-electron chi connectivity index (χ3n) is 3.83.